The first kappa shape index (κ1) is 12.3. The molecule has 0 saturated carbocycles. The molecule has 0 aliphatic rings. The minimum atomic E-state index is -0.577. The molecule has 1 aromatic carbocycles. The number of non-ortho nitro benzene ring substituents is 1. The molecule has 2 rings (SSSR count). The first-order valence-corrected chi connectivity index (χ1v) is 5.35. The zero-order valence-corrected chi connectivity index (χ0v) is 10.0. The van der Waals surface area contributed by atoms with Crippen molar-refractivity contribution < 1.29 is 14.4 Å². The van der Waals surface area contributed by atoms with Crippen molar-refractivity contribution in [3.63, 3.8) is 0 Å². The van der Waals surface area contributed by atoms with Crippen LogP contribution in [0.15, 0.2) is 22.6 Å². The minimum absolute atomic E-state index is 0.0494. The van der Waals surface area contributed by atoms with Crippen LogP contribution in [0, 0.1) is 10.1 Å². The zero-order chi connectivity index (χ0) is 13.3. The number of benzene rings is 1. The predicted octanol–water partition coefficient (Wildman–Crippen LogP) is 1.92. The summed E-state index contributed by atoms with van der Waals surface area (Å²) in [6, 6.07) is 4.43. The van der Waals surface area contributed by atoms with E-state index in [2.05, 4.69) is 10.3 Å². The van der Waals surface area contributed by atoms with Gasteiger partial charge in [0.1, 0.15) is 5.52 Å². The lowest BCUT2D eigenvalue weighted by molar-refractivity contribution is -0.384. The van der Waals surface area contributed by atoms with E-state index < -0.39 is 10.5 Å². The Labute approximate surface area is 103 Å². The van der Waals surface area contributed by atoms with Crippen molar-refractivity contribution in [2.75, 3.05) is 11.9 Å². The van der Waals surface area contributed by atoms with Crippen molar-refractivity contribution in [2.24, 2.45) is 0 Å². The summed E-state index contributed by atoms with van der Waals surface area (Å²) < 4.78 is 5.36. The van der Waals surface area contributed by atoms with E-state index in [1.54, 1.807) is 13.8 Å². The number of aliphatic hydroxyl groups is 1. The second-order valence-electron chi connectivity index (χ2n) is 4.60. The Balaban J connectivity index is 2.35. The largest absolute Gasteiger partial charge is 0.423 e. The summed E-state index contributed by atoms with van der Waals surface area (Å²) in [6.45, 7) is 3.47. The molecule has 0 aliphatic heterocycles. The minimum Gasteiger partial charge on any atom is -0.423 e. The number of fused-ring (bicyclic) bond motifs is 1. The molecule has 7 nitrogen and oxygen atoms in total. The summed E-state index contributed by atoms with van der Waals surface area (Å²) in [6.07, 6.45) is 0. The second kappa shape index (κ2) is 4.26. The smallest absolute Gasteiger partial charge is 0.296 e. The van der Waals surface area contributed by atoms with Crippen LogP contribution in [0.4, 0.5) is 11.7 Å². The molecule has 96 valence electrons. The molecular weight excluding hydrogens is 238 g/mol. The number of nitrogens with zero attached hydrogens (tertiary/aromatic N) is 2. The second-order valence-corrected chi connectivity index (χ2v) is 4.60. The molecule has 2 N–H and O–H groups in total. The lowest BCUT2D eigenvalue weighted by Crippen LogP contribution is -2.34. The van der Waals surface area contributed by atoms with Gasteiger partial charge in [0.15, 0.2) is 5.58 Å². The van der Waals surface area contributed by atoms with E-state index in [0.29, 0.717) is 11.1 Å². The van der Waals surface area contributed by atoms with Crippen LogP contribution in [0.3, 0.4) is 0 Å². The molecule has 0 amide bonds. The van der Waals surface area contributed by atoms with E-state index in [1.165, 1.54) is 18.2 Å². The van der Waals surface area contributed by atoms with Crippen LogP contribution in [-0.4, -0.2) is 27.2 Å². The third kappa shape index (κ3) is 2.40. The molecule has 7 heteroatoms. The summed E-state index contributed by atoms with van der Waals surface area (Å²) in [4.78, 5) is 14.3. The van der Waals surface area contributed by atoms with Gasteiger partial charge in [-0.25, -0.2) is 0 Å². The normalized spacial score (nSPS) is 11.7. The molecule has 0 saturated heterocycles. The number of oxazole rings is 1. The highest BCUT2D eigenvalue weighted by Crippen LogP contribution is 2.25. The van der Waals surface area contributed by atoms with E-state index in [4.69, 9.17) is 9.52 Å². The third-order valence-electron chi connectivity index (χ3n) is 2.42. The SMILES string of the molecule is CC(C)(CO)Nc1nc2ccc([N+](=O)[O-])cc2o1. The van der Waals surface area contributed by atoms with Crippen molar-refractivity contribution in [3.8, 4) is 0 Å². The van der Waals surface area contributed by atoms with Gasteiger partial charge in [0, 0.05) is 6.07 Å². The van der Waals surface area contributed by atoms with Gasteiger partial charge in [-0.15, -0.1) is 0 Å². The van der Waals surface area contributed by atoms with Crippen LogP contribution in [0.5, 0.6) is 0 Å². The van der Waals surface area contributed by atoms with E-state index in [-0.39, 0.29) is 18.3 Å². The number of nitro benzene ring substituents is 1. The van der Waals surface area contributed by atoms with Gasteiger partial charge in [-0.3, -0.25) is 10.1 Å². The quantitative estimate of drug-likeness (QED) is 0.635. The highest BCUT2D eigenvalue weighted by Gasteiger charge is 2.19. The van der Waals surface area contributed by atoms with Gasteiger partial charge >= 0.3 is 0 Å². The summed E-state index contributed by atoms with van der Waals surface area (Å²) in [7, 11) is 0. The highest BCUT2D eigenvalue weighted by atomic mass is 16.6. The fourth-order valence-corrected chi connectivity index (χ4v) is 1.41. The first-order valence-electron chi connectivity index (χ1n) is 5.35. The van der Waals surface area contributed by atoms with Crippen LogP contribution in [-0.2, 0) is 0 Å². The van der Waals surface area contributed by atoms with Gasteiger partial charge in [0.2, 0.25) is 0 Å². The molecule has 0 radical (unpaired) electrons. The average molecular weight is 251 g/mol. The molecule has 0 unspecified atom stereocenters. The molecule has 2 aromatic rings. The van der Waals surface area contributed by atoms with Gasteiger partial charge in [-0.05, 0) is 19.9 Å². The lowest BCUT2D eigenvalue weighted by atomic mass is 10.1. The maximum atomic E-state index is 10.6. The Morgan fingerprint density at radius 2 is 2.28 bits per heavy atom. The van der Waals surface area contributed by atoms with Gasteiger partial charge in [0.25, 0.3) is 11.7 Å². The first-order chi connectivity index (χ1) is 8.41. The van der Waals surface area contributed by atoms with Crippen LogP contribution in [0.25, 0.3) is 11.1 Å². The van der Waals surface area contributed by atoms with Crippen molar-refractivity contribution in [1.29, 1.82) is 0 Å². The maximum absolute atomic E-state index is 10.6. The summed E-state index contributed by atoms with van der Waals surface area (Å²) in [5.41, 5.74) is 0.233. The van der Waals surface area contributed by atoms with Gasteiger partial charge in [0.05, 0.1) is 23.1 Å². The molecule has 0 spiro atoms. The van der Waals surface area contributed by atoms with Gasteiger partial charge in [-0.2, -0.15) is 4.98 Å². The Morgan fingerprint density at radius 3 is 2.89 bits per heavy atom. The molecule has 0 aliphatic carbocycles. The number of aromatic nitrogens is 1. The fraction of sp³-hybridized carbons (Fsp3) is 0.364. The van der Waals surface area contributed by atoms with Crippen LogP contribution >= 0.6 is 0 Å². The Hall–Kier alpha value is -2.15. The fourth-order valence-electron chi connectivity index (χ4n) is 1.41. The number of nitro groups is 1. The number of aliphatic hydroxyl groups excluding tert-OH is 1. The summed E-state index contributed by atoms with van der Waals surface area (Å²) in [5.74, 6) is 0. The Bertz CT molecular complexity index is 591. The van der Waals surface area contributed by atoms with E-state index >= 15 is 0 Å². The van der Waals surface area contributed by atoms with Crippen molar-refractivity contribution in [1.82, 2.24) is 4.98 Å². The standard InChI is InChI=1S/C11H13N3O4/c1-11(2,6-15)13-10-12-8-4-3-7(14(16)17)5-9(8)18-10/h3-5,15H,6H2,1-2H3,(H,12,13). The average Bonchev–Trinajstić information content (AvgIpc) is 2.68. The predicted molar refractivity (Wildman–Crippen MR) is 65.5 cm³/mol. The lowest BCUT2D eigenvalue weighted by Gasteiger charge is -2.21. The molecular formula is C11H13N3O4. The molecule has 18 heavy (non-hydrogen) atoms. The molecule has 0 bridgehead atoms. The maximum Gasteiger partial charge on any atom is 0.296 e. The van der Waals surface area contributed by atoms with Gasteiger partial charge < -0.3 is 14.8 Å². The van der Waals surface area contributed by atoms with Gasteiger partial charge in [-0.1, -0.05) is 0 Å². The number of hydrogen-bond acceptors (Lipinski definition) is 6. The van der Waals surface area contributed by atoms with Crippen LogP contribution < -0.4 is 5.32 Å². The monoisotopic (exact) mass is 251 g/mol. The summed E-state index contributed by atoms with van der Waals surface area (Å²) >= 11 is 0. The van der Waals surface area contributed by atoms with E-state index in [1.807, 2.05) is 0 Å². The van der Waals surface area contributed by atoms with Crippen molar-refractivity contribution >= 4 is 22.8 Å². The number of rotatable bonds is 4. The van der Waals surface area contributed by atoms with Crippen molar-refractivity contribution in [2.45, 2.75) is 19.4 Å². The van der Waals surface area contributed by atoms with E-state index in [9.17, 15) is 10.1 Å². The molecule has 1 heterocycles. The number of anilines is 1. The van der Waals surface area contributed by atoms with Crippen LogP contribution in [0.1, 0.15) is 13.8 Å². The third-order valence-corrected chi connectivity index (χ3v) is 2.42. The van der Waals surface area contributed by atoms with E-state index in [0.717, 1.165) is 0 Å². The molecule has 1 aromatic heterocycles. The Morgan fingerprint density at radius 1 is 1.56 bits per heavy atom. The highest BCUT2D eigenvalue weighted by molar-refractivity contribution is 5.77. The molecule has 0 atom stereocenters. The molecule has 0 fully saturated rings. The van der Waals surface area contributed by atoms with Crippen molar-refractivity contribution in [3.05, 3.63) is 28.3 Å². The summed E-state index contributed by atoms with van der Waals surface area (Å²) in [5, 5.41) is 22.7. The topological polar surface area (TPSA) is 101 Å². The Kier molecular flexibility index (Phi) is 2.92. The zero-order valence-electron chi connectivity index (χ0n) is 10.0. The number of hydrogen-bond donors (Lipinski definition) is 2. The van der Waals surface area contributed by atoms with Crippen LogP contribution in [0.2, 0.25) is 0 Å². The number of nitrogens with one attached hydrogen (secondary N) is 1.